The number of carbonyl (C=O) groups excluding carboxylic acids is 3. The number of nitrogens with one attached hydrogen (secondary N) is 5. The molecule has 0 saturated heterocycles. The van der Waals surface area contributed by atoms with Crippen molar-refractivity contribution in [2.24, 2.45) is 0 Å². The van der Waals surface area contributed by atoms with Crippen molar-refractivity contribution >= 4 is 23.3 Å². The molecule has 1 aromatic heterocycles. The molecule has 5 rings (SSSR count). The molecule has 5 N–H and O–H groups in total. The van der Waals surface area contributed by atoms with Gasteiger partial charge in [-0.1, -0.05) is 0 Å². The maximum atomic E-state index is 13.6. The third kappa shape index (κ3) is 3.93. The molecule has 3 aliphatic rings. The number of hydrazine groups is 2. The van der Waals surface area contributed by atoms with Crippen molar-refractivity contribution in [3.63, 3.8) is 0 Å². The first kappa shape index (κ1) is 23.0. The number of ketones is 1. The second kappa shape index (κ2) is 8.45. The van der Waals surface area contributed by atoms with Gasteiger partial charge in [0.2, 0.25) is 0 Å². The Morgan fingerprint density at radius 3 is 2.63 bits per heavy atom. The average molecular weight is 488 g/mol. The second-order valence-electron chi connectivity index (χ2n) is 8.86. The number of nitrogens with zero attached hydrogens (tertiary/aromatic N) is 1. The summed E-state index contributed by atoms with van der Waals surface area (Å²) in [6.45, 7) is 2.05. The number of hydrogen-bond donors (Lipinski definition) is 5. The van der Waals surface area contributed by atoms with Crippen molar-refractivity contribution < 1.29 is 27.6 Å². The van der Waals surface area contributed by atoms with Gasteiger partial charge in [0.05, 0.1) is 22.4 Å². The fraction of sp³-hybridized carbons (Fsp3) is 0.348. The highest BCUT2D eigenvalue weighted by molar-refractivity contribution is 6.44. The standard InChI is InChI=1S/C23H23F3N6O3/c1-11-17(19(33)22(35)29-23(6-7-23)16-10-27-31-30-16)15-3-2-8-32(15)18(11)21(34)28-12-4-5-14(24)13(9-12)20(25)26/h4-5,9-10,20,27,30-31H,2-3,6-8H2,1H3,(H,28,34)(H,29,35). The van der Waals surface area contributed by atoms with E-state index in [9.17, 15) is 27.6 Å². The van der Waals surface area contributed by atoms with Crippen LogP contribution in [0.15, 0.2) is 30.1 Å². The molecule has 0 unspecified atom stereocenters. The highest BCUT2D eigenvalue weighted by Crippen LogP contribution is 2.41. The summed E-state index contributed by atoms with van der Waals surface area (Å²) in [7, 11) is 0. The van der Waals surface area contributed by atoms with E-state index in [0.29, 0.717) is 43.5 Å². The molecular weight excluding hydrogens is 465 g/mol. The molecule has 0 spiro atoms. The van der Waals surface area contributed by atoms with Gasteiger partial charge in [-0.25, -0.2) is 13.2 Å². The quantitative estimate of drug-likeness (QED) is 0.302. The molecule has 1 saturated carbocycles. The van der Waals surface area contributed by atoms with Crippen molar-refractivity contribution in [3.8, 4) is 0 Å². The molecule has 3 heterocycles. The fourth-order valence-corrected chi connectivity index (χ4v) is 4.77. The zero-order valence-corrected chi connectivity index (χ0v) is 18.7. The lowest BCUT2D eigenvalue weighted by atomic mass is 10.0. The fourth-order valence-electron chi connectivity index (χ4n) is 4.77. The lowest BCUT2D eigenvalue weighted by Gasteiger charge is -2.18. The normalized spacial score (nSPS) is 17.3. The molecule has 2 aromatic rings. The van der Waals surface area contributed by atoms with Crippen LogP contribution in [-0.2, 0) is 17.8 Å². The molecule has 0 radical (unpaired) electrons. The monoisotopic (exact) mass is 488 g/mol. The Morgan fingerprint density at radius 2 is 1.97 bits per heavy atom. The highest BCUT2D eigenvalue weighted by atomic mass is 19.3. The number of Topliss-reactive ketones (excluding diaryl/α,β-unsaturated/α-hetero) is 1. The summed E-state index contributed by atoms with van der Waals surface area (Å²) in [6.07, 6.45) is 1.18. The summed E-state index contributed by atoms with van der Waals surface area (Å²) >= 11 is 0. The molecule has 35 heavy (non-hydrogen) atoms. The molecule has 9 nitrogen and oxygen atoms in total. The van der Waals surface area contributed by atoms with Gasteiger partial charge in [-0.3, -0.25) is 14.4 Å². The van der Waals surface area contributed by atoms with Gasteiger partial charge >= 0.3 is 0 Å². The number of amides is 2. The number of aromatic nitrogens is 1. The highest BCUT2D eigenvalue weighted by Gasteiger charge is 2.50. The SMILES string of the molecule is Cc1c(C(=O)C(=O)NC2(C3=CNNN3)CC2)c2n(c1C(=O)Nc1ccc(F)c(C(F)F)c1)CCC2. The topological polar surface area (TPSA) is 116 Å². The Bertz CT molecular complexity index is 1280. The Morgan fingerprint density at radius 1 is 1.20 bits per heavy atom. The van der Waals surface area contributed by atoms with Gasteiger partial charge in [0.1, 0.15) is 11.5 Å². The van der Waals surface area contributed by atoms with E-state index in [0.717, 1.165) is 17.8 Å². The molecule has 12 heteroatoms. The van der Waals surface area contributed by atoms with E-state index >= 15 is 0 Å². The summed E-state index contributed by atoms with van der Waals surface area (Å²) in [5.41, 5.74) is 8.91. The van der Waals surface area contributed by atoms with E-state index in [4.69, 9.17) is 0 Å². The van der Waals surface area contributed by atoms with Crippen molar-refractivity contribution in [1.29, 1.82) is 0 Å². The molecular formula is C23H23F3N6O3. The first-order valence-corrected chi connectivity index (χ1v) is 11.2. The van der Waals surface area contributed by atoms with Crippen molar-refractivity contribution in [3.05, 3.63) is 64.0 Å². The molecule has 1 aliphatic carbocycles. The van der Waals surface area contributed by atoms with Gasteiger partial charge in [-0.15, -0.1) is 0 Å². The predicted octanol–water partition coefficient (Wildman–Crippen LogP) is 2.36. The molecule has 184 valence electrons. The van der Waals surface area contributed by atoms with E-state index in [2.05, 4.69) is 27.0 Å². The lowest BCUT2D eigenvalue weighted by Crippen LogP contribution is -2.46. The second-order valence-corrected chi connectivity index (χ2v) is 8.86. The maximum Gasteiger partial charge on any atom is 0.293 e. The molecule has 2 aliphatic heterocycles. The van der Waals surface area contributed by atoms with E-state index < -0.39 is 40.9 Å². The molecule has 1 fully saturated rings. The van der Waals surface area contributed by atoms with Crippen LogP contribution in [0.25, 0.3) is 0 Å². The third-order valence-electron chi connectivity index (χ3n) is 6.65. The first-order chi connectivity index (χ1) is 16.7. The smallest absolute Gasteiger partial charge is 0.293 e. The van der Waals surface area contributed by atoms with Gasteiger partial charge in [0.25, 0.3) is 24.0 Å². The number of fused-ring (bicyclic) bond motifs is 1. The van der Waals surface area contributed by atoms with E-state index in [1.165, 1.54) is 6.07 Å². The van der Waals surface area contributed by atoms with Crippen molar-refractivity contribution in [1.82, 2.24) is 26.3 Å². The van der Waals surface area contributed by atoms with Crippen LogP contribution in [0.4, 0.5) is 18.9 Å². The van der Waals surface area contributed by atoms with E-state index in [-0.39, 0.29) is 16.9 Å². The third-order valence-corrected chi connectivity index (χ3v) is 6.65. The number of anilines is 1. The Balaban J connectivity index is 1.41. The van der Waals surface area contributed by atoms with Crippen molar-refractivity contribution in [2.75, 3.05) is 5.32 Å². The maximum absolute atomic E-state index is 13.6. The average Bonchev–Trinajstić information content (AvgIpc) is 3.18. The number of hydrogen-bond acceptors (Lipinski definition) is 6. The Labute approximate surface area is 198 Å². The summed E-state index contributed by atoms with van der Waals surface area (Å²) in [5.74, 6) is -3.21. The zero-order valence-electron chi connectivity index (χ0n) is 18.7. The van der Waals surface area contributed by atoms with Crippen molar-refractivity contribution in [2.45, 2.75) is 51.1 Å². The number of carbonyl (C=O) groups is 3. The first-order valence-electron chi connectivity index (χ1n) is 11.2. The molecule has 1 aromatic carbocycles. The van der Waals surface area contributed by atoms with Gasteiger partial charge in [0, 0.05) is 24.1 Å². The minimum Gasteiger partial charge on any atom is -0.340 e. The van der Waals surface area contributed by atoms with E-state index in [1.54, 1.807) is 17.7 Å². The molecule has 0 atom stereocenters. The van der Waals surface area contributed by atoms with Crippen LogP contribution in [0.2, 0.25) is 0 Å². The zero-order chi connectivity index (χ0) is 24.9. The van der Waals surface area contributed by atoms with Crippen LogP contribution in [-0.4, -0.2) is 27.7 Å². The van der Waals surface area contributed by atoms with Crippen LogP contribution >= 0.6 is 0 Å². The van der Waals surface area contributed by atoms with Crippen LogP contribution in [0.5, 0.6) is 0 Å². The van der Waals surface area contributed by atoms with Gasteiger partial charge < -0.3 is 26.1 Å². The summed E-state index contributed by atoms with van der Waals surface area (Å²) in [6, 6.07) is 2.93. The van der Waals surface area contributed by atoms with Gasteiger partial charge in [0.15, 0.2) is 0 Å². The van der Waals surface area contributed by atoms with Crippen LogP contribution in [0.3, 0.4) is 0 Å². The summed E-state index contributed by atoms with van der Waals surface area (Å²) in [4.78, 5) is 39.3. The Kier molecular flexibility index (Phi) is 5.55. The van der Waals surface area contributed by atoms with Gasteiger partial charge in [-0.2, -0.15) is 5.53 Å². The number of benzene rings is 1. The summed E-state index contributed by atoms with van der Waals surface area (Å²) in [5, 5.41) is 5.33. The van der Waals surface area contributed by atoms with Crippen LogP contribution < -0.4 is 27.0 Å². The van der Waals surface area contributed by atoms with Crippen LogP contribution in [0, 0.1) is 12.7 Å². The molecule has 2 amide bonds. The summed E-state index contributed by atoms with van der Waals surface area (Å²) < 4.78 is 41.4. The molecule has 0 bridgehead atoms. The minimum atomic E-state index is -3.04. The van der Waals surface area contributed by atoms with Gasteiger partial charge in [-0.05, 0) is 56.4 Å². The largest absolute Gasteiger partial charge is 0.340 e. The van der Waals surface area contributed by atoms with E-state index in [1.807, 2.05) is 0 Å². The predicted molar refractivity (Wildman–Crippen MR) is 119 cm³/mol. The Hall–Kier alpha value is -3.80. The number of halogens is 3. The minimum absolute atomic E-state index is 0.000462. The lowest BCUT2D eigenvalue weighted by molar-refractivity contribution is -0.117. The number of rotatable bonds is 7. The van der Waals surface area contributed by atoms with Crippen LogP contribution in [0.1, 0.15) is 63.4 Å². The number of alkyl halides is 2.